The number of rotatable bonds is 3. The van der Waals surface area contributed by atoms with Crippen LogP contribution in [0, 0.1) is 0 Å². The first-order chi connectivity index (χ1) is 9.02. The van der Waals surface area contributed by atoms with E-state index in [1.54, 1.807) is 6.92 Å². The Morgan fingerprint density at radius 2 is 2.32 bits per heavy atom. The molecule has 0 aliphatic carbocycles. The number of hydrogen-bond donors (Lipinski definition) is 1. The molecule has 6 heteroatoms. The van der Waals surface area contributed by atoms with Crippen LogP contribution in [0.25, 0.3) is 0 Å². The molecule has 1 aliphatic rings. The molecule has 0 spiro atoms. The van der Waals surface area contributed by atoms with Crippen molar-refractivity contribution in [2.24, 2.45) is 0 Å². The second-order valence-electron chi connectivity index (χ2n) is 5.01. The van der Waals surface area contributed by atoms with E-state index in [-0.39, 0.29) is 17.2 Å². The first kappa shape index (κ1) is 13.7. The number of nitrogens with zero attached hydrogens (tertiary/aromatic N) is 3. The number of carboxylic acids is 1. The molecule has 0 amide bonds. The number of carbonyl (C=O) groups is 1. The quantitative estimate of drug-likeness (QED) is 0.873. The predicted molar refractivity (Wildman–Crippen MR) is 70.6 cm³/mol. The molecule has 1 unspecified atom stereocenters. The summed E-state index contributed by atoms with van der Waals surface area (Å²) in [7, 11) is 2.00. The Hall–Kier alpha value is -1.69. The predicted octanol–water partition coefficient (Wildman–Crippen LogP) is 0.771. The van der Waals surface area contributed by atoms with E-state index in [1.165, 1.54) is 10.8 Å². The molecule has 0 aromatic carbocycles. The fourth-order valence-corrected chi connectivity index (χ4v) is 2.60. The van der Waals surface area contributed by atoms with Crippen molar-refractivity contribution in [3.05, 3.63) is 27.9 Å². The summed E-state index contributed by atoms with van der Waals surface area (Å²) in [6, 6.07) is 0. The second-order valence-corrected chi connectivity index (χ2v) is 5.01. The van der Waals surface area contributed by atoms with Gasteiger partial charge in [-0.05, 0) is 33.4 Å². The minimum atomic E-state index is -1.02. The molecule has 1 N–H and O–H groups in total. The van der Waals surface area contributed by atoms with Crippen LogP contribution in [0.2, 0.25) is 0 Å². The number of aryl methyl sites for hydroxylation is 1. The second kappa shape index (κ2) is 5.52. The zero-order chi connectivity index (χ0) is 14.0. The number of likely N-dealkylation sites (N-methyl/N-ethyl adjacent to an activating group) is 1. The Kier molecular flexibility index (Phi) is 3.99. The Labute approximate surface area is 111 Å². The van der Waals surface area contributed by atoms with Crippen LogP contribution in [0.1, 0.15) is 41.7 Å². The molecule has 2 rings (SSSR count). The van der Waals surface area contributed by atoms with Gasteiger partial charge in [-0.2, -0.15) is 4.98 Å². The third-order valence-corrected chi connectivity index (χ3v) is 3.60. The molecule has 1 atom stereocenters. The van der Waals surface area contributed by atoms with Crippen molar-refractivity contribution < 1.29 is 9.90 Å². The Morgan fingerprint density at radius 1 is 1.58 bits per heavy atom. The van der Waals surface area contributed by atoms with Crippen LogP contribution in [0.5, 0.6) is 0 Å². The first-order valence-electron chi connectivity index (χ1n) is 6.56. The molecule has 19 heavy (non-hydrogen) atoms. The minimum absolute atomic E-state index is 0.0315. The van der Waals surface area contributed by atoms with Gasteiger partial charge in [0.2, 0.25) is 0 Å². The highest BCUT2D eigenvalue weighted by Gasteiger charge is 2.26. The maximum absolute atomic E-state index is 11.8. The van der Waals surface area contributed by atoms with Gasteiger partial charge < -0.3 is 10.0 Å². The lowest BCUT2D eigenvalue weighted by Crippen LogP contribution is -2.34. The number of piperidine rings is 1. The van der Waals surface area contributed by atoms with Gasteiger partial charge in [-0.25, -0.2) is 9.59 Å². The van der Waals surface area contributed by atoms with Gasteiger partial charge in [0.05, 0.1) is 11.3 Å². The standard InChI is InChI=1S/C13H19N3O3/c1-3-16-8-10(12(17)18)11(14-13(16)19)9-5-4-6-15(2)7-9/h8-9H,3-7H2,1-2H3,(H,17,18). The Morgan fingerprint density at radius 3 is 2.89 bits per heavy atom. The van der Waals surface area contributed by atoms with Crippen LogP contribution in [0.3, 0.4) is 0 Å². The van der Waals surface area contributed by atoms with Gasteiger partial charge in [-0.3, -0.25) is 4.57 Å². The molecular weight excluding hydrogens is 246 g/mol. The van der Waals surface area contributed by atoms with Crippen molar-refractivity contribution >= 4 is 5.97 Å². The monoisotopic (exact) mass is 265 g/mol. The fraction of sp³-hybridized carbons (Fsp3) is 0.615. The number of carboxylic acid groups (broad SMARTS) is 1. The Balaban J connectivity index is 2.46. The molecule has 1 saturated heterocycles. The summed E-state index contributed by atoms with van der Waals surface area (Å²) in [6.07, 6.45) is 3.30. The van der Waals surface area contributed by atoms with Gasteiger partial charge in [0.15, 0.2) is 0 Å². The van der Waals surface area contributed by atoms with E-state index >= 15 is 0 Å². The van der Waals surface area contributed by atoms with Crippen LogP contribution >= 0.6 is 0 Å². The van der Waals surface area contributed by atoms with Gasteiger partial charge in [-0.1, -0.05) is 0 Å². The first-order valence-corrected chi connectivity index (χ1v) is 6.56. The summed E-state index contributed by atoms with van der Waals surface area (Å²) in [5.74, 6) is -0.984. The lowest BCUT2D eigenvalue weighted by atomic mass is 9.92. The third kappa shape index (κ3) is 2.84. The van der Waals surface area contributed by atoms with Gasteiger partial charge in [-0.15, -0.1) is 0 Å². The molecule has 1 aromatic rings. The molecular formula is C13H19N3O3. The van der Waals surface area contributed by atoms with E-state index in [1.807, 2.05) is 7.05 Å². The molecule has 1 aromatic heterocycles. The Bertz CT molecular complexity index is 538. The van der Waals surface area contributed by atoms with Crippen LogP contribution in [0.15, 0.2) is 11.0 Å². The van der Waals surface area contributed by atoms with Crippen LogP contribution in [-0.4, -0.2) is 45.7 Å². The number of hydrogen-bond acceptors (Lipinski definition) is 4. The molecule has 1 aliphatic heterocycles. The summed E-state index contributed by atoms with van der Waals surface area (Å²) in [5.41, 5.74) is 0.228. The van der Waals surface area contributed by atoms with E-state index < -0.39 is 5.97 Å². The summed E-state index contributed by atoms with van der Waals surface area (Å²) >= 11 is 0. The highest BCUT2D eigenvalue weighted by Crippen LogP contribution is 2.26. The van der Waals surface area contributed by atoms with Gasteiger partial charge >= 0.3 is 11.7 Å². The molecule has 2 heterocycles. The third-order valence-electron chi connectivity index (χ3n) is 3.60. The number of likely N-dealkylation sites (tertiary alicyclic amines) is 1. The average Bonchev–Trinajstić information content (AvgIpc) is 2.38. The van der Waals surface area contributed by atoms with E-state index in [0.29, 0.717) is 12.2 Å². The van der Waals surface area contributed by atoms with E-state index in [9.17, 15) is 14.7 Å². The lowest BCUT2D eigenvalue weighted by Gasteiger charge is -2.29. The molecule has 0 bridgehead atoms. The molecule has 104 valence electrons. The molecule has 0 saturated carbocycles. The summed E-state index contributed by atoms with van der Waals surface area (Å²) < 4.78 is 1.33. The van der Waals surface area contributed by atoms with Gasteiger partial charge in [0.25, 0.3) is 0 Å². The fourth-order valence-electron chi connectivity index (χ4n) is 2.60. The van der Waals surface area contributed by atoms with Crippen molar-refractivity contribution in [2.45, 2.75) is 32.2 Å². The minimum Gasteiger partial charge on any atom is -0.478 e. The van der Waals surface area contributed by atoms with Crippen molar-refractivity contribution in [3.63, 3.8) is 0 Å². The summed E-state index contributed by atoms with van der Waals surface area (Å²) in [4.78, 5) is 29.3. The highest BCUT2D eigenvalue weighted by molar-refractivity contribution is 5.88. The number of aromatic nitrogens is 2. The maximum atomic E-state index is 11.8. The molecule has 0 radical (unpaired) electrons. The summed E-state index contributed by atoms with van der Waals surface area (Å²) in [6.45, 7) is 3.98. The number of aromatic carboxylic acids is 1. The van der Waals surface area contributed by atoms with E-state index in [2.05, 4.69) is 9.88 Å². The van der Waals surface area contributed by atoms with Gasteiger partial charge in [0, 0.05) is 25.2 Å². The van der Waals surface area contributed by atoms with Crippen molar-refractivity contribution in [2.75, 3.05) is 20.1 Å². The maximum Gasteiger partial charge on any atom is 0.347 e. The zero-order valence-corrected chi connectivity index (χ0v) is 11.3. The molecule has 1 fully saturated rings. The zero-order valence-electron chi connectivity index (χ0n) is 11.3. The van der Waals surface area contributed by atoms with Crippen molar-refractivity contribution in [3.8, 4) is 0 Å². The lowest BCUT2D eigenvalue weighted by molar-refractivity contribution is 0.0692. The van der Waals surface area contributed by atoms with Crippen LogP contribution in [0.4, 0.5) is 0 Å². The largest absolute Gasteiger partial charge is 0.478 e. The van der Waals surface area contributed by atoms with E-state index in [4.69, 9.17) is 0 Å². The van der Waals surface area contributed by atoms with Crippen LogP contribution in [-0.2, 0) is 6.54 Å². The normalized spacial score (nSPS) is 20.4. The molecule has 6 nitrogen and oxygen atoms in total. The smallest absolute Gasteiger partial charge is 0.347 e. The van der Waals surface area contributed by atoms with Gasteiger partial charge in [0.1, 0.15) is 0 Å². The van der Waals surface area contributed by atoms with Crippen LogP contribution < -0.4 is 5.69 Å². The highest BCUT2D eigenvalue weighted by atomic mass is 16.4. The van der Waals surface area contributed by atoms with E-state index in [0.717, 1.165) is 25.9 Å². The van der Waals surface area contributed by atoms with Crippen molar-refractivity contribution in [1.82, 2.24) is 14.5 Å². The topological polar surface area (TPSA) is 75.4 Å². The average molecular weight is 265 g/mol. The van der Waals surface area contributed by atoms with Crippen molar-refractivity contribution in [1.29, 1.82) is 0 Å². The SMILES string of the molecule is CCn1cc(C(=O)O)c(C2CCCN(C)C2)nc1=O. The summed E-state index contributed by atoms with van der Waals surface area (Å²) in [5, 5.41) is 9.30.